The van der Waals surface area contributed by atoms with E-state index in [2.05, 4.69) is 19.1 Å². The van der Waals surface area contributed by atoms with Crippen LogP contribution in [0.25, 0.3) is 0 Å². The van der Waals surface area contributed by atoms with Crippen molar-refractivity contribution in [2.24, 2.45) is 0 Å². The summed E-state index contributed by atoms with van der Waals surface area (Å²) in [6, 6.07) is 21.1. The van der Waals surface area contributed by atoms with Gasteiger partial charge in [0.2, 0.25) is 5.91 Å². The van der Waals surface area contributed by atoms with E-state index < -0.39 is 0 Å². The Labute approximate surface area is 211 Å². The molecule has 0 N–H and O–H groups in total. The Morgan fingerprint density at radius 1 is 1.00 bits per heavy atom. The summed E-state index contributed by atoms with van der Waals surface area (Å²) in [5, 5.41) is 0. The zero-order chi connectivity index (χ0) is 24.6. The fourth-order valence-corrected chi connectivity index (χ4v) is 5.13. The lowest BCUT2D eigenvalue weighted by atomic mass is 10.1. The quantitative estimate of drug-likeness (QED) is 0.403. The van der Waals surface area contributed by atoms with Crippen LogP contribution in [0.3, 0.4) is 0 Å². The zero-order valence-corrected chi connectivity index (χ0v) is 21.1. The molecule has 35 heavy (non-hydrogen) atoms. The number of amides is 2. The molecule has 1 fully saturated rings. The van der Waals surface area contributed by atoms with Crippen LogP contribution < -0.4 is 4.74 Å². The first-order valence-corrected chi connectivity index (χ1v) is 12.8. The topological polar surface area (TPSA) is 59.1 Å². The molecule has 0 spiro atoms. The molecule has 1 unspecified atom stereocenters. The van der Waals surface area contributed by atoms with Crippen LogP contribution in [0.1, 0.15) is 38.5 Å². The number of nitrogens with zero attached hydrogens (tertiary/aromatic N) is 2. The Bertz CT molecular complexity index is 1110. The molecule has 1 atom stereocenters. The molecule has 1 aliphatic rings. The molecule has 7 heteroatoms. The van der Waals surface area contributed by atoms with E-state index in [0.29, 0.717) is 37.6 Å². The minimum atomic E-state index is -0.178. The zero-order valence-electron chi connectivity index (χ0n) is 20.3. The van der Waals surface area contributed by atoms with Gasteiger partial charge in [-0.3, -0.25) is 9.59 Å². The number of thiophene rings is 1. The minimum absolute atomic E-state index is 0.00190. The molecule has 0 radical (unpaired) electrons. The summed E-state index contributed by atoms with van der Waals surface area (Å²) in [5.41, 5.74) is 1.58. The number of hydrogen-bond acceptors (Lipinski definition) is 5. The number of carbonyl (C=O) groups is 2. The van der Waals surface area contributed by atoms with E-state index in [1.54, 1.807) is 47.6 Å². The SMILES string of the molecule is COc1ccc(C(=O)N(CC(=O)N(Cc2ccccc2)Cc2ccc(C)s2)CC2CCCO2)cc1. The lowest BCUT2D eigenvalue weighted by Crippen LogP contribution is -2.45. The Balaban J connectivity index is 1.54. The van der Waals surface area contributed by atoms with Crippen molar-refractivity contribution in [3.05, 3.63) is 87.6 Å². The summed E-state index contributed by atoms with van der Waals surface area (Å²) in [4.78, 5) is 32.9. The summed E-state index contributed by atoms with van der Waals surface area (Å²) in [6.07, 6.45) is 1.82. The Morgan fingerprint density at radius 3 is 2.40 bits per heavy atom. The van der Waals surface area contributed by atoms with Gasteiger partial charge in [0.15, 0.2) is 0 Å². The summed E-state index contributed by atoms with van der Waals surface area (Å²) in [5.74, 6) is 0.423. The molecule has 4 rings (SSSR count). The molecule has 2 heterocycles. The third-order valence-electron chi connectivity index (χ3n) is 6.11. The van der Waals surface area contributed by atoms with Gasteiger partial charge in [-0.05, 0) is 61.7 Å². The van der Waals surface area contributed by atoms with Gasteiger partial charge in [0.25, 0.3) is 5.91 Å². The minimum Gasteiger partial charge on any atom is -0.497 e. The van der Waals surface area contributed by atoms with Crippen molar-refractivity contribution < 1.29 is 19.1 Å². The van der Waals surface area contributed by atoms with Crippen molar-refractivity contribution in [2.45, 2.75) is 39.0 Å². The summed E-state index contributed by atoms with van der Waals surface area (Å²) in [6.45, 7) is 4.16. The van der Waals surface area contributed by atoms with Gasteiger partial charge in [-0.2, -0.15) is 0 Å². The number of carbonyl (C=O) groups excluding carboxylic acids is 2. The summed E-state index contributed by atoms with van der Waals surface area (Å²) in [7, 11) is 1.59. The first-order chi connectivity index (χ1) is 17.0. The van der Waals surface area contributed by atoms with Gasteiger partial charge in [-0.1, -0.05) is 30.3 Å². The van der Waals surface area contributed by atoms with Crippen LogP contribution in [0.2, 0.25) is 0 Å². The van der Waals surface area contributed by atoms with Crippen LogP contribution in [-0.2, 0) is 22.6 Å². The lowest BCUT2D eigenvalue weighted by molar-refractivity contribution is -0.133. The first-order valence-electron chi connectivity index (χ1n) is 11.9. The summed E-state index contributed by atoms with van der Waals surface area (Å²) >= 11 is 1.69. The van der Waals surface area contributed by atoms with E-state index in [4.69, 9.17) is 9.47 Å². The van der Waals surface area contributed by atoms with Crippen LogP contribution in [0.15, 0.2) is 66.7 Å². The van der Waals surface area contributed by atoms with E-state index in [1.807, 2.05) is 35.2 Å². The molecule has 1 aromatic heterocycles. The van der Waals surface area contributed by atoms with Crippen LogP contribution >= 0.6 is 11.3 Å². The molecule has 2 aromatic carbocycles. The maximum Gasteiger partial charge on any atom is 0.254 e. The predicted molar refractivity (Wildman–Crippen MR) is 138 cm³/mol. The van der Waals surface area contributed by atoms with Gasteiger partial charge < -0.3 is 19.3 Å². The lowest BCUT2D eigenvalue weighted by Gasteiger charge is -2.29. The highest BCUT2D eigenvalue weighted by atomic mass is 32.1. The number of aryl methyl sites for hydroxylation is 1. The predicted octanol–water partition coefficient (Wildman–Crippen LogP) is 4.92. The second kappa shape index (κ2) is 12.0. The van der Waals surface area contributed by atoms with Crippen molar-refractivity contribution in [1.29, 1.82) is 0 Å². The van der Waals surface area contributed by atoms with Crippen molar-refractivity contribution in [3.63, 3.8) is 0 Å². The first kappa shape index (κ1) is 24.9. The average molecular weight is 493 g/mol. The van der Waals surface area contributed by atoms with Crippen molar-refractivity contribution in [2.75, 3.05) is 26.8 Å². The van der Waals surface area contributed by atoms with Crippen molar-refractivity contribution in [1.82, 2.24) is 9.80 Å². The Kier molecular flexibility index (Phi) is 8.55. The van der Waals surface area contributed by atoms with Gasteiger partial charge in [-0.25, -0.2) is 0 Å². The Hall–Kier alpha value is -3.16. The van der Waals surface area contributed by atoms with Gasteiger partial charge >= 0.3 is 0 Å². The number of benzene rings is 2. The van der Waals surface area contributed by atoms with Crippen molar-refractivity contribution >= 4 is 23.2 Å². The number of ether oxygens (including phenoxy) is 2. The van der Waals surface area contributed by atoms with Gasteiger partial charge in [-0.15, -0.1) is 11.3 Å². The number of rotatable bonds is 10. The van der Waals surface area contributed by atoms with Crippen LogP contribution in [0, 0.1) is 6.92 Å². The Morgan fingerprint density at radius 2 is 1.77 bits per heavy atom. The standard InChI is InChI=1S/C28H32N2O4S/c1-21-10-15-26(35-21)19-29(17-22-7-4-3-5-8-22)27(31)20-30(18-25-9-6-16-34-25)28(32)23-11-13-24(33-2)14-12-23/h3-5,7-8,10-15,25H,6,9,16-20H2,1-2H3. The number of hydrogen-bond donors (Lipinski definition) is 0. The molecule has 3 aromatic rings. The van der Waals surface area contributed by atoms with Crippen LogP contribution in [-0.4, -0.2) is 54.5 Å². The maximum atomic E-state index is 13.7. The normalized spacial score (nSPS) is 15.1. The van der Waals surface area contributed by atoms with Gasteiger partial charge in [0, 0.05) is 35.0 Å². The molecular formula is C28H32N2O4S. The van der Waals surface area contributed by atoms with E-state index in [0.717, 1.165) is 23.3 Å². The highest BCUT2D eigenvalue weighted by Gasteiger charge is 2.27. The van der Waals surface area contributed by atoms with E-state index in [9.17, 15) is 9.59 Å². The van der Waals surface area contributed by atoms with E-state index in [-0.39, 0.29) is 24.5 Å². The molecule has 0 aliphatic carbocycles. The fourth-order valence-electron chi connectivity index (χ4n) is 4.23. The highest BCUT2D eigenvalue weighted by molar-refractivity contribution is 7.11. The number of methoxy groups -OCH3 is 1. The highest BCUT2D eigenvalue weighted by Crippen LogP contribution is 2.21. The molecule has 1 saturated heterocycles. The van der Waals surface area contributed by atoms with Gasteiger partial charge in [0.05, 0.1) is 19.8 Å². The second-order valence-corrected chi connectivity index (χ2v) is 10.2. The molecule has 0 saturated carbocycles. The average Bonchev–Trinajstić information content (AvgIpc) is 3.55. The third-order valence-corrected chi connectivity index (χ3v) is 7.10. The third kappa shape index (κ3) is 6.93. The molecule has 2 amide bonds. The molecule has 1 aliphatic heterocycles. The van der Waals surface area contributed by atoms with Crippen LogP contribution in [0.5, 0.6) is 5.75 Å². The van der Waals surface area contributed by atoms with E-state index in [1.165, 1.54) is 4.88 Å². The largest absolute Gasteiger partial charge is 0.497 e. The van der Waals surface area contributed by atoms with Gasteiger partial charge in [0.1, 0.15) is 12.3 Å². The second-order valence-electron chi connectivity index (χ2n) is 8.80. The monoisotopic (exact) mass is 492 g/mol. The molecular weight excluding hydrogens is 460 g/mol. The summed E-state index contributed by atoms with van der Waals surface area (Å²) < 4.78 is 11.0. The maximum absolute atomic E-state index is 13.7. The molecule has 184 valence electrons. The van der Waals surface area contributed by atoms with Crippen molar-refractivity contribution in [3.8, 4) is 5.75 Å². The smallest absolute Gasteiger partial charge is 0.254 e. The molecule has 0 bridgehead atoms. The van der Waals surface area contributed by atoms with Crippen LogP contribution in [0.4, 0.5) is 0 Å². The van der Waals surface area contributed by atoms with E-state index >= 15 is 0 Å². The fraction of sp³-hybridized carbons (Fsp3) is 0.357. The molecule has 6 nitrogen and oxygen atoms in total.